The summed E-state index contributed by atoms with van der Waals surface area (Å²) in [5.74, 6) is -0.693. The van der Waals surface area contributed by atoms with E-state index < -0.39 is 11.4 Å². The molecule has 2 aromatic rings. The molecule has 2 N–H and O–H groups in total. The van der Waals surface area contributed by atoms with E-state index in [0.717, 1.165) is 23.6 Å². The van der Waals surface area contributed by atoms with Crippen molar-refractivity contribution in [3.63, 3.8) is 0 Å². The average Bonchev–Trinajstić information content (AvgIpc) is 3.13. The fourth-order valence-electron chi connectivity index (χ4n) is 4.16. The van der Waals surface area contributed by atoms with Crippen molar-refractivity contribution in [1.82, 2.24) is 9.88 Å². The average molecular weight is 325 g/mol. The van der Waals surface area contributed by atoms with Crippen LogP contribution < -0.4 is 5.32 Å². The largest absolute Gasteiger partial charge is 0.481 e. The van der Waals surface area contributed by atoms with Crippen LogP contribution in [0.3, 0.4) is 0 Å². The minimum Gasteiger partial charge on any atom is -0.481 e. The fraction of sp³-hybridized carbons (Fsp3) is 0.389. The van der Waals surface area contributed by atoms with Gasteiger partial charge in [0.15, 0.2) is 0 Å². The number of fused-ring (bicyclic) bond motifs is 2. The molecule has 2 atom stereocenters. The summed E-state index contributed by atoms with van der Waals surface area (Å²) in [4.78, 5) is 30.0. The molecule has 0 unspecified atom stereocenters. The van der Waals surface area contributed by atoms with Crippen LogP contribution in [0.4, 0.5) is 10.5 Å². The number of urea groups is 1. The molecule has 2 amide bonds. The Morgan fingerprint density at radius 3 is 2.96 bits per heavy atom. The Balaban J connectivity index is 1.51. The zero-order valence-corrected chi connectivity index (χ0v) is 13.2. The van der Waals surface area contributed by atoms with Gasteiger partial charge in [0.2, 0.25) is 0 Å². The Labute approximate surface area is 139 Å². The first kappa shape index (κ1) is 14.9. The van der Waals surface area contributed by atoms with Gasteiger partial charge in [0.25, 0.3) is 0 Å². The van der Waals surface area contributed by atoms with E-state index in [9.17, 15) is 14.7 Å². The number of anilines is 1. The predicted molar refractivity (Wildman–Crippen MR) is 89.7 cm³/mol. The van der Waals surface area contributed by atoms with Gasteiger partial charge < -0.3 is 15.3 Å². The molecule has 2 fully saturated rings. The lowest BCUT2D eigenvalue weighted by Crippen LogP contribution is -2.38. The van der Waals surface area contributed by atoms with Crippen LogP contribution >= 0.6 is 0 Å². The van der Waals surface area contributed by atoms with Crippen LogP contribution in [0.2, 0.25) is 0 Å². The molecule has 4 rings (SSSR count). The number of aromatic nitrogens is 1. The van der Waals surface area contributed by atoms with Gasteiger partial charge in [0.1, 0.15) is 0 Å². The number of aliphatic carboxylic acids is 1. The second kappa shape index (κ2) is 5.47. The van der Waals surface area contributed by atoms with Crippen LogP contribution in [0.5, 0.6) is 0 Å². The summed E-state index contributed by atoms with van der Waals surface area (Å²) in [5.41, 5.74) is -0.0352. The Hall–Kier alpha value is -2.63. The molecule has 24 heavy (non-hydrogen) atoms. The van der Waals surface area contributed by atoms with Crippen LogP contribution in [0.15, 0.2) is 36.7 Å². The van der Waals surface area contributed by atoms with E-state index in [2.05, 4.69) is 10.3 Å². The van der Waals surface area contributed by atoms with Crippen LogP contribution in [0.1, 0.15) is 19.3 Å². The topological polar surface area (TPSA) is 82.5 Å². The Bertz CT molecular complexity index is 822. The SMILES string of the molecule is O=C(Nc1ccc2cnccc2c1)N1C[C@@H]2CCC[C@@]2(C(=O)O)C1. The number of likely N-dealkylation sites (tertiary alicyclic amines) is 1. The van der Waals surface area contributed by atoms with Crippen molar-refractivity contribution in [3.05, 3.63) is 36.7 Å². The van der Waals surface area contributed by atoms with Crippen molar-refractivity contribution in [1.29, 1.82) is 0 Å². The summed E-state index contributed by atoms with van der Waals surface area (Å²) in [6, 6.07) is 7.32. The van der Waals surface area contributed by atoms with Crippen LogP contribution in [0, 0.1) is 11.3 Å². The zero-order valence-electron chi connectivity index (χ0n) is 13.2. The van der Waals surface area contributed by atoms with Gasteiger partial charge in [0.05, 0.1) is 5.41 Å². The number of rotatable bonds is 2. The van der Waals surface area contributed by atoms with Gasteiger partial charge in [-0.05, 0) is 42.3 Å². The normalized spacial score (nSPS) is 25.7. The first-order valence-corrected chi connectivity index (χ1v) is 8.22. The summed E-state index contributed by atoms with van der Waals surface area (Å²) >= 11 is 0. The van der Waals surface area contributed by atoms with E-state index in [1.54, 1.807) is 17.3 Å². The number of carboxylic acid groups (broad SMARTS) is 1. The number of carbonyl (C=O) groups excluding carboxylic acids is 1. The molecule has 124 valence electrons. The maximum Gasteiger partial charge on any atom is 0.321 e. The fourth-order valence-corrected chi connectivity index (χ4v) is 4.16. The molecule has 0 spiro atoms. The lowest BCUT2D eigenvalue weighted by atomic mass is 9.81. The van der Waals surface area contributed by atoms with E-state index in [-0.39, 0.29) is 11.9 Å². The van der Waals surface area contributed by atoms with E-state index in [1.807, 2.05) is 24.3 Å². The van der Waals surface area contributed by atoms with Crippen molar-refractivity contribution < 1.29 is 14.7 Å². The van der Waals surface area contributed by atoms with Crippen molar-refractivity contribution in [2.24, 2.45) is 11.3 Å². The second-order valence-corrected chi connectivity index (χ2v) is 6.80. The first-order chi connectivity index (χ1) is 11.6. The van der Waals surface area contributed by atoms with Gasteiger partial charge in [-0.25, -0.2) is 4.79 Å². The number of hydrogen-bond donors (Lipinski definition) is 2. The summed E-state index contributed by atoms with van der Waals surface area (Å²) < 4.78 is 0. The minimum absolute atomic E-state index is 0.0726. The quantitative estimate of drug-likeness (QED) is 0.889. The van der Waals surface area contributed by atoms with Crippen LogP contribution in [0.25, 0.3) is 10.8 Å². The van der Waals surface area contributed by atoms with E-state index >= 15 is 0 Å². The molecule has 1 aromatic heterocycles. The third-order valence-electron chi connectivity index (χ3n) is 5.48. The predicted octanol–water partition coefficient (Wildman–Crippen LogP) is 2.95. The number of carbonyl (C=O) groups is 2. The molecular formula is C18H19N3O3. The smallest absolute Gasteiger partial charge is 0.321 e. The third kappa shape index (κ3) is 2.29. The van der Waals surface area contributed by atoms with Gasteiger partial charge in [-0.15, -0.1) is 0 Å². The highest BCUT2D eigenvalue weighted by Crippen LogP contribution is 2.48. The summed E-state index contributed by atoms with van der Waals surface area (Å²) in [5, 5.41) is 14.5. The van der Waals surface area contributed by atoms with Gasteiger partial charge in [-0.1, -0.05) is 12.5 Å². The number of nitrogens with one attached hydrogen (secondary N) is 1. The third-order valence-corrected chi connectivity index (χ3v) is 5.48. The summed E-state index contributed by atoms with van der Waals surface area (Å²) in [6.45, 7) is 0.825. The Morgan fingerprint density at radius 1 is 1.29 bits per heavy atom. The zero-order chi connectivity index (χ0) is 16.7. The molecule has 0 radical (unpaired) electrons. The molecule has 0 bridgehead atoms. The monoisotopic (exact) mass is 325 g/mol. The van der Waals surface area contributed by atoms with Crippen molar-refractivity contribution >= 4 is 28.5 Å². The molecule has 2 heterocycles. The molecule has 1 aliphatic heterocycles. The maximum absolute atomic E-state index is 12.6. The minimum atomic E-state index is -0.765. The van der Waals surface area contributed by atoms with Gasteiger partial charge in [-0.3, -0.25) is 9.78 Å². The number of pyridine rings is 1. The second-order valence-electron chi connectivity index (χ2n) is 6.80. The lowest BCUT2D eigenvalue weighted by Gasteiger charge is -2.23. The highest BCUT2D eigenvalue weighted by Gasteiger charge is 2.55. The van der Waals surface area contributed by atoms with Crippen LogP contribution in [-0.2, 0) is 4.79 Å². The van der Waals surface area contributed by atoms with E-state index in [0.29, 0.717) is 25.2 Å². The van der Waals surface area contributed by atoms with Crippen molar-refractivity contribution in [2.75, 3.05) is 18.4 Å². The molecule has 2 aliphatic rings. The highest BCUT2D eigenvalue weighted by molar-refractivity contribution is 5.94. The molecule has 6 heteroatoms. The first-order valence-electron chi connectivity index (χ1n) is 8.22. The van der Waals surface area contributed by atoms with Crippen LogP contribution in [-0.4, -0.2) is 40.1 Å². The van der Waals surface area contributed by atoms with E-state index in [4.69, 9.17) is 0 Å². The Kier molecular flexibility index (Phi) is 3.40. The van der Waals surface area contributed by atoms with Crippen molar-refractivity contribution in [3.8, 4) is 0 Å². The maximum atomic E-state index is 12.6. The summed E-state index contributed by atoms with van der Waals surface area (Å²) in [6.07, 6.45) is 5.98. The number of amides is 2. The lowest BCUT2D eigenvalue weighted by molar-refractivity contribution is -0.149. The van der Waals surface area contributed by atoms with Gasteiger partial charge in [0, 0.05) is 36.6 Å². The standard InChI is InChI=1S/C18H19N3O3/c22-16(23)18-6-1-2-14(18)10-21(11-18)17(24)20-15-4-3-13-9-19-7-5-12(13)8-15/h3-5,7-9,14H,1-2,6,10-11H2,(H,20,24)(H,22,23)/t14-,18+/m0/s1. The molecule has 1 saturated heterocycles. The number of hydrogen-bond acceptors (Lipinski definition) is 3. The molecule has 1 saturated carbocycles. The number of benzene rings is 1. The van der Waals surface area contributed by atoms with Crippen molar-refractivity contribution in [2.45, 2.75) is 19.3 Å². The highest BCUT2D eigenvalue weighted by atomic mass is 16.4. The Morgan fingerprint density at radius 2 is 2.17 bits per heavy atom. The molecular weight excluding hydrogens is 306 g/mol. The molecule has 1 aromatic carbocycles. The molecule has 1 aliphatic carbocycles. The molecule has 6 nitrogen and oxygen atoms in total. The number of carboxylic acids is 1. The van der Waals surface area contributed by atoms with E-state index in [1.165, 1.54) is 0 Å². The summed E-state index contributed by atoms with van der Waals surface area (Å²) in [7, 11) is 0. The van der Waals surface area contributed by atoms with Gasteiger partial charge >= 0.3 is 12.0 Å². The number of nitrogens with zero attached hydrogens (tertiary/aromatic N) is 2. The van der Waals surface area contributed by atoms with Gasteiger partial charge in [-0.2, -0.15) is 0 Å².